The molecule has 0 bridgehead atoms. The number of amides is 1. The fourth-order valence-electron chi connectivity index (χ4n) is 4.34. The van der Waals surface area contributed by atoms with E-state index in [1.807, 2.05) is 0 Å². The zero-order valence-corrected chi connectivity index (χ0v) is 21.2. The first-order valence-corrected chi connectivity index (χ1v) is 11.7. The van der Waals surface area contributed by atoms with Crippen LogP contribution in [0.5, 0.6) is 17.2 Å². The molecule has 2 aromatic heterocycles. The molecule has 2 aromatic carbocycles. The number of aromatic nitrogens is 4. The lowest BCUT2D eigenvalue weighted by Gasteiger charge is -2.30. The second-order valence-electron chi connectivity index (χ2n) is 8.39. The summed E-state index contributed by atoms with van der Waals surface area (Å²) in [5.74, 6) is 1.77. The maximum absolute atomic E-state index is 13.7. The van der Waals surface area contributed by atoms with Crippen LogP contribution < -0.4 is 24.8 Å². The van der Waals surface area contributed by atoms with Crippen LogP contribution in [0.1, 0.15) is 18.5 Å². The highest BCUT2D eigenvalue weighted by Gasteiger charge is 2.37. The maximum Gasteiger partial charge on any atom is 0.257 e. The molecule has 10 nitrogen and oxygen atoms in total. The molecule has 3 heterocycles. The summed E-state index contributed by atoms with van der Waals surface area (Å²) in [6, 6.07) is 13.8. The van der Waals surface area contributed by atoms with Gasteiger partial charge in [0.1, 0.15) is 23.4 Å². The van der Waals surface area contributed by atoms with Gasteiger partial charge in [-0.25, -0.2) is 14.1 Å². The van der Waals surface area contributed by atoms with Crippen molar-refractivity contribution in [2.75, 3.05) is 32.0 Å². The summed E-state index contributed by atoms with van der Waals surface area (Å²) in [6.07, 6.45) is 1.59. The molecule has 0 aliphatic carbocycles. The third kappa shape index (κ3) is 4.49. The quantitative estimate of drug-likeness (QED) is 0.371. The Bertz CT molecular complexity index is 1520. The Morgan fingerprint density at radius 2 is 1.71 bits per heavy atom. The highest BCUT2D eigenvalue weighted by molar-refractivity contribution is 6.05. The summed E-state index contributed by atoms with van der Waals surface area (Å²) in [7, 11) is 4.59. The van der Waals surface area contributed by atoms with E-state index in [0.29, 0.717) is 57.2 Å². The third-order valence-electron chi connectivity index (χ3n) is 6.14. The summed E-state index contributed by atoms with van der Waals surface area (Å²) >= 11 is 0. The molecule has 0 radical (unpaired) electrons. The highest BCUT2D eigenvalue weighted by atomic mass is 19.1. The lowest BCUT2D eigenvalue weighted by atomic mass is 9.93. The number of carbonyl (C=O) groups excluding carboxylic acids is 1. The fraction of sp³-hybridized carbons (Fsp3) is 0.185. The van der Waals surface area contributed by atoms with E-state index >= 15 is 0 Å². The van der Waals surface area contributed by atoms with Crippen molar-refractivity contribution >= 4 is 17.7 Å². The molecular weight excluding hydrogens is 491 g/mol. The van der Waals surface area contributed by atoms with Gasteiger partial charge in [-0.2, -0.15) is 4.98 Å². The molecule has 38 heavy (non-hydrogen) atoms. The van der Waals surface area contributed by atoms with Crippen molar-refractivity contribution in [1.29, 1.82) is 0 Å². The molecule has 4 aromatic rings. The van der Waals surface area contributed by atoms with E-state index in [-0.39, 0.29) is 11.7 Å². The van der Waals surface area contributed by atoms with Crippen molar-refractivity contribution in [1.82, 2.24) is 19.7 Å². The van der Waals surface area contributed by atoms with E-state index in [1.165, 1.54) is 33.5 Å². The third-order valence-corrected chi connectivity index (χ3v) is 6.14. The Kier molecular flexibility index (Phi) is 6.65. The second-order valence-corrected chi connectivity index (χ2v) is 8.39. The largest absolute Gasteiger partial charge is 0.496 e. The fourth-order valence-corrected chi connectivity index (χ4v) is 4.34. The minimum atomic E-state index is -0.772. The topological polar surface area (TPSA) is 112 Å². The van der Waals surface area contributed by atoms with Crippen LogP contribution >= 0.6 is 0 Å². The van der Waals surface area contributed by atoms with E-state index in [0.717, 1.165) is 0 Å². The summed E-state index contributed by atoms with van der Waals surface area (Å²) in [5, 5.41) is 10.8. The number of fused-ring (bicyclic) bond motifs is 1. The molecule has 11 heteroatoms. The number of nitrogens with zero attached hydrogens (tertiary/aromatic N) is 4. The number of carbonyl (C=O) groups is 1. The van der Waals surface area contributed by atoms with Gasteiger partial charge in [-0.3, -0.25) is 4.79 Å². The van der Waals surface area contributed by atoms with Crippen LogP contribution in [-0.2, 0) is 4.79 Å². The van der Waals surface area contributed by atoms with Crippen LogP contribution in [0.3, 0.4) is 0 Å². The van der Waals surface area contributed by atoms with Crippen molar-refractivity contribution in [2.24, 2.45) is 0 Å². The van der Waals surface area contributed by atoms with Crippen LogP contribution in [0.2, 0.25) is 0 Å². The van der Waals surface area contributed by atoms with E-state index < -0.39 is 6.04 Å². The number of allylic oxidation sites excluding steroid dienone is 1. The molecule has 5 rings (SSSR count). The van der Waals surface area contributed by atoms with Crippen LogP contribution in [0.4, 0.5) is 16.2 Å². The van der Waals surface area contributed by atoms with E-state index in [2.05, 4.69) is 20.6 Å². The van der Waals surface area contributed by atoms with Crippen LogP contribution in [-0.4, -0.2) is 47.0 Å². The van der Waals surface area contributed by atoms with Gasteiger partial charge in [0.2, 0.25) is 5.95 Å². The van der Waals surface area contributed by atoms with Crippen molar-refractivity contribution in [2.45, 2.75) is 13.0 Å². The molecule has 1 atom stereocenters. The van der Waals surface area contributed by atoms with Gasteiger partial charge < -0.3 is 24.8 Å². The van der Waals surface area contributed by atoms with Gasteiger partial charge in [0.25, 0.3) is 5.91 Å². The standard InChI is InChI=1S/C27H25FN6O4/c1-15-23(26(35)31-22-7-5-6-12-29-22)24(18-13-20(37-3)21(38-4)14-19(18)36-2)34-27(30-15)32-25(33-34)16-8-10-17(28)11-9-16/h5-14,24H,1-4H3,(H,29,31,35)(H,30,32,33). The predicted molar refractivity (Wildman–Crippen MR) is 139 cm³/mol. The number of rotatable bonds is 7. The molecule has 1 unspecified atom stereocenters. The van der Waals surface area contributed by atoms with Crippen molar-refractivity contribution in [3.05, 3.63) is 83.4 Å². The number of hydrogen-bond donors (Lipinski definition) is 2. The number of halogens is 1. The van der Waals surface area contributed by atoms with Gasteiger partial charge >= 0.3 is 0 Å². The van der Waals surface area contributed by atoms with Crippen LogP contribution in [0.15, 0.2) is 72.1 Å². The number of methoxy groups -OCH3 is 3. The van der Waals surface area contributed by atoms with E-state index in [1.54, 1.807) is 60.3 Å². The first-order chi connectivity index (χ1) is 18.4. The van der Waals surface area contributed by atoms with Gasteiger partial charge in [0.15, 0.2) is 17.3 Å². The average molecular weight is 517 g/mol. The number of pyridine rings is 1. The van der Waals surface area contributed by atoms with Crippen molar-refractivity contribution < 1.29 is 23.4 Å². The molecule has 194 valence electrons. The number of benzene rings is 2. The lowest BCUT2D eigenvalue weighted by Crippen LogP contribution is -2.32. The van der Waals surface area contributed by atoms with Gasteiger partial charge in [-0.05, 0) is 49.4 Å². The number of ether oxygens (including phenoxy) is 3. The van der Waals surface area contributed by atoms with E-state index in [4.69, 9.17) is 19.3 Å². The molecule has 0 spiro atoms. The number of anilines is 2. The minimum Gasteiger partial charge on any atom is -0.496 e. The zero-order valence-electron chi connectivity index (χ0n) is 21.2. The Morgan fingerprint density at radius 1 is 1.00 bits per heavy atom. The van der Waals surface area contributed by atoms with Crippen molar-refractivity contribution in [3.63, 3.8) is 0 Å². The van der Waals surface area contributed by atoms with Gasteiger partial charge in [-0.1, -0.05) is 6.07 Å². The SMILES string of the molecule is COc1cc(OC)c(C2C(C(=O)Nc3ccccn3)=C(C)Nc3nc(-c4ccc(F)cc4)nn32)cc1OC. The Labute approximate surface area is 218 Å². The molecule has 1 amide bonds. The molecule has 1 aliphatic rings. The molecule has 0 saturated heterocycles. The average Bonchev–Trinajstić information content (AvgIpc) is 3.35. The summed E-state index contributed by atoms with van der Waals surface area (Å²) in [6.45, 7) is 1.78. The minimum absolute atomic E-state index is 0.358. The summed E-state index contributed by atoms with van der Waals surface area (Å²) in [4.78, 5) is 22.6. The monoisotopic (exact) mass is 516 g/mol. The molecule has 0 fully saturated rings. The maximum atomic E-state index is 13.7. The molecule has 1 aliphatic heterocycles. The number of hydrogen-bond acceptors (Lipinski definition) is 8. The Balaban J connectivity index is 1.69. The first kappa shape index (κ1) is 24.8. The summed E-state index contributed by atoms with van der Waals surface area (Å²) in [5.41, 5.74) is 2.13. The number of nitrogens with one attached hydrogen (secondary N) is 2. The normalized spacial score (nSPS) is 14.4. The van der Waals surface area contributed by atoms with Gasteiger partial charge in [0.05, 0.1) is 26.9 Å². The predicted octanol–water partition coefficient (Wildman–Crippen LogP) is 4.43. The van der Waals surface area contributed by atoms with E-state index in [9.17, 15) is 9.18 Å². The van der Waals surface area contributed by atoms with Gasteiger partial charge in [0, 0.05) is 29.1 Å². The molecule has 2 N–H and O–H groups in total. The zero-order chi connectivity index (χ0) is 26.8. The highest BCUT2D eigenvalue weighted by Crippen LogP contribution is 2.44. The first-order valence-electron chi connectivity index (χ1n) is 11.7. The molecule has 0 saturated carbocycles. The lowest BCUT2D eigenvalue weighted by molar-refractivity contribution is -0.113. The smallest absolute Gasteiger partial charge is 0.257 e. The van der Waals surface area contributed by atoms with Crippen LogP contribution in [0.25, 0.3) is 11.4 Å². The van der Waals surface area contributed by atoms with Crippen molar-refractivity contribution in [3.8, 4) is 28.6 Å². The van der Waals surface area contributed by atoms with Crippen LogP contribution in [0, 0.1) is 5.82 Å². The summed E-state index contributed by atoms with van der Waals surface area (Å²) < 4.78 is 31.9. The molecular formula is C27H25FN6O4. The Morgan fingerprint density at radius 3 is 2.37 bits per heavy atom. The van der Waals surface area contributed by atoms with Gasteiger partial charge in [-0.15, -0.1) is 5.10 Å². The second kappa shape index (κ2) is 10.2. The Hall–Kier alpha value is -4.93.